The third kappa shape index (κ3) is 5.55. The fraction of sp³-hybridized carbons (Fsp3) is 0.263. The number of amides is 2. The average Bonchev–Trinajstić information content (AvgIpc) is 2.62. The maximum Gasteiger partial charge on any atom is 0.262 e. The van der Waals surface area contributed by atoms with Crippen molar-refractivity contribution >= 4 is 27.5 Å². The first-order valence-corrected chi connectivity index (χ1v) is 9.96. The molecule has 27 heavy (non-hydrogen) atoms. The van der Waals surface area contributed by atoms with Gasteiger partial charge >= 0.3 is 0 Å². The largest absolute Gasteiger partial charge is 0.355 e. The Kier molecular flexibility index (Phi) is 6.57. The molecule has 0 aliphatic rings. The molecule has 3 N–H and O–H groups in total. The predicted octanol–water partition coefficient (Wildman–Crippen LogP) is 1.97. The molecule has 2 rings (SSSR count). The summed E-state index contributed by atoms with van der Waals surface area (Å²) in [7, 11) is -3.73. The van der Waals surface area contributed by atoms with E-state index in [2.05, 4.69) is 15.4 Å². The number of likely N-dealkylation sites (N-methyl/N-ethyl adjacent to an activating group) is 1. The van der Waals surface area contributed by atoms with Crippen LogP contribution >= 0.6 is 0 Å². The van der Waals surface area contributed by atoms with Crippen molar-refractivity contribution in [2.75, 3.05) is 17.8 Å². The van der Waals surface area contributed by atoms with E-state index in [-0.39, 0.29) is 17.3 Å². The number of hydrogen-bond acceptors (Lipinski definition) is 4. The van der Waals surface area contributed by atoms with Gasteiger partial charge in [-0.3, -0.25) is 14.3 Å². The lowest BCUT2D eigenvalue weighted by Gasteiger charge is -2.12. The van der Waals surface area contributed by atoms with Crippen LogP contribution < -0.4 is 15.4 Å². The molecule has 2 aromatic carbocycles. The van der Waals surface area contributed by atoms with Gasteiger partial charge in [-0.15, -0.1) is 0 Å². The second kappa shape index (κ2) is 8.68. The zero-order valence-electron chi connectivity index (χ0n) is 15.5. The highest BCUT2D eigenvalue weighted by molar-refractivity contribution is 7.92. The van der Waals surface area contributed by atoms with Gasteiger partial charge < -0.3 is 10.6 Å². The number of carbonyl (C=O) groups is 2. The monoisotopic (exact) mass is 389 g/mol. The summed E-state index contributed by atoms with van der Waals surface area (Å²) in [6, 6.07) is 11.2. The van der Waals surface area contributed by atoms with Crippen LogP contribution in [0.5, 0.6) is 0 Å². The van der Waals surface area contributed by atoms with Gasteiger partial charge in [-0.25, -0.2) is 8.42 Å². The van der Waals surface area contributed by atoms with Crippen molar-refractivity contribution in [3.05, 3.63) is 59.2 Å². The van der Waals surface area contributed by atoms with E-state index in [1.807, 2.05) is 13.0 Å². The van der Waals surface area contributed by atoms with Crippen LogP contribution in [0.4, 0.5) is 5.69 Å². The first-order chi connectivity index (χ1) is 12.7. The minimum absolute atomic E-state index is 0.117. The Balaban J connectivity index is 2.08. The Morgan fingerprint density at radius 2 is 1.63 bits per heavy atom. The van der Waals surface area contributed by atoms with E-state index < -0.39 is 15.9 Å². The van der Waals surface area contributed by atoms with Crippen LogP contribution in [-0.4, -0.2) is 33.3 Å². The number of aryl methyl sites for hydroxylation is 2. The molecule has 0 saturated heterocycles. The van der Waals surface area contributed by atoms with Crippen LogP contribution in [0.15, 0.2) is 47.4 Å². The fourth-order valence-electron chi connectivity index (χ4n) is 2.42. The van der Waals surface area contributed by atoms with Gasteiger partial charge in [0.05, 0.1) is 11.4 Å². The zero-order valence-corrected chi connectivity index (χ0v) is 16.3. The molecule has 0 heterocycles. The van der Waals surface area contributed by atoms with E-state index in [1.54, 1.807) is 26.0 Å². The van der Waals surface area contributed by atoms with Crippen LogP contribution in [0, 0.1) is 13.8 Å². The topological polar surface area (TPSA) is 104 Å². The molecule has 0 spiro atoms. The summed E-state index contributed by atoms with van der Waals surface area (Å²) in [5, 5.41) is 5.08. The van der Waals surface area contributed by atoms with Gasteiger partial charge in [0.2, 0.25) is 5.91 Å². The van der Waals surface area contributed by atoms with Gasteiger partial charge in [-0.1, -0.05) is 12.1 Å². The van der Waals surface area contributed by atoms with Crippen molar-refractivity contribution in [2.45, 2.75) is 25.7 Å². The summed E-state index contributed by atoms with van der Waals surface area (Å²) < 4.78 is 27.7. The highest BCUT2D eigenvalue weighted by atomic mass is 32.2. The van der Waals surface area contributed by atoms with Gasteiger partial charge in [-0.05, 0) is 62.2 Å². The zero-order chi connectivity index (χ0) is 20.0. The Hall–Kier alpha value is -2.87. The van der Waals surface area contributed by atoms with Crippen LogP contribution in [0.2, 0.25) is 0 Å². The van der Waals surface area contributed by atoms with E-state index in [9.17, 15) is 18.0 Å². The summed E-state index contributed by atoms with van der Waals surface area (Å²) >= 11 is 0. The second-order valence-corrected chi connectivity index (χ2v) is 7.74. The second-order valence-electron chi connectivity index (χ2n) is 6.09. The van der Waals surface area contributed by atoms with Crippen molar-refractivity contribution in [1.82, 2.24) is 10.6 Å². The summed E-state index contributed by atoms with van der Waals surface area (Å²) in [6.07, 6.45) is 0. The Labute approximate surface area is 159 Å². The molecule has 0 aliphatic carbocycles. The number of hydrogen-bond donors (Lipinski definition) is 3. The molecule has 0 radical (unpaired) electrons. The Morgan fingerprint density at radius 1 is 0.963 bits per heavy atom. The third-order valence-electron chi connectivity index (χ3n) is 3.82. The van der Waals surface area contributed by atoms with Crippen molar-refractivity contribution in [3.63, 3.8) is 0 Å². The van der Waals surface area contributed by atoms with E-state index in [4.69, 9.17) is 0 Å². The van der Waals surface area contributed by atoms with Crippen molar-refractivity contribution in [1.29, 1.82) is 0 Å². The lowest BCUT2D eigenvalue weighted by molar-refractivity contribution is -0.120. The van der Waals surface area contributed by atoms with Gasteiger partial charge in [0.25, 0.3) is 15.9 Å². The first-order valence-electron chi connectivity index (χ1n) is 8.48. The number of nitrogens with one attached hydrogen (secondary N) is 3. The molecule has 0 bridgehead atoms. The molecule has 0 aromatic heterocycles. The lowest BCUT2D eigenvalue weighted by Crippen LogP contribution is -2.36. The van der Waals surface area contributed by atoms with E-state index in [1.165, 1.54) is 24.3 Å². The van der Waals surface area contributed by atoms with Gasteiger partial charge in [0.15, 0.2) is 0 Å². The smallest absolute Gasteiger partial charge is 0.262 e. The summed E-state index contributed by atoms with van der Waals surface area (Å²) in [6.45, 7) is 5.72. The maximum atomic E-state index is 12.6. The standard InChI is InChI=1S/C19H23N3O4S/c1-4-20-18(23)12-21-19(24)15-7-9-16(10-8-15)22-27(25,26)17-11-13(2)5-6-14(17)3/h5-11,22H,4,12H2,1-3H3,(H,20,23)(H,21,24). The number of benzene rings is 2. The maximum absolute atomic E-state index is 12.6. The molecule has 2 amide bonds. The summed E-state index contributed by atoms with van der Waals surface area (Å²) in [4.78, 5) is 23.6. The van der Waals surface area contributed by atoms with E-state index in [0.717, 1.165) is 5.56 Å². The molecule has 0 fully saturated rings. The van der Waals surface area contributed by atoms with Crippen molar-refractivity contribution < 1.29 is 18.0 Å². The number of anilines is 1. The highest BCUT2D eigenvalue weighted by Gasteiger charge is 2.17. The van der Waals surface area contributed by atoms with Crippen LogP contribution in [0.3, 0.4) is 0 Å². The van der Waals surface area contributed by atoms with Gasteiger partial charge in [-0.2, -0.15) is 0 Å². The molecule has 7 nitrogen and oxygen atoms in total. The normalized spacial score (nSPS) is 10.9. The molecule has 0 aliphatic heterocycles. The lowest BCUT2D eigenvalue weighted by atomic mass is 10.2. The quantitative estimate of drug-likeness (QED) is 0.673. The molecular formula is C19H23N3O4S. The van der Waals surface area contributed by atoms with E-state index in [0.29, 0.717) is 23.4 Å². The molecule has 0 unspecified atom stereocenters. The van der Waals surface area contributed by atoms with E-state index >= 15 is 0 Å². The van der Waals surface area contributed by atoms with Gasteiger partial charge in [0, 0.05) is 17.8 Å². The Morgan fingerprint density at radius 3 is 2.26 bits per heavy atom. The molecule has 2 aromatic rings. The summed E-state index contributed by atoms with van der Waals surface area (Å²) in [5.74, 6) is -0.686. The SMILES string of the molecule is CCNC(=O)CNC(=O)c1ccc(NS(=O)(=O)c2cc(C)ccc2C)cc1. The number of sulfonamides is 1. The summed E-state index contributed by atoms with van der Waals surface area (Å²) in [5.41, 5.74) is 2.17. The Bertz CT molecular complexity index is 938. The predicted molar refractivity (Wildman–Crippen MR) is 104 cm³/mol. The fourth-order valence-corrected chi connectivity index (χ4v) is 3.81. The molecular weight excluding hydrogens is 366 g/mol. The first kappa shape index (κ1) is 20.4. The van der Waals surface area contributed by atoms with Crippen LogP contribution in [-0.2, 0) is 14.8 Å². The molecule has 144 valence electrons. The number of carbonyl (C=O) groups excluding carboxylic acids is 2. The van der Waals surface area contributed by atoms with Crippen LogP contribution in [0.25, 0.3) is 0 Å². The minimum Gasteiger partial charge on any atom is -0.355 e. The van der Waals surface area contributed by atoms with Crippen molar-refractivity contribution in [2.24, 2.45) is 0 Å². The van der Waals surface area contributed by atoms with Gasteiger partial charge in [0.1, 0.15) is 0 Å². The minimum atomic E-state index is -3.73. The number of rotatable bonds is 7. The van der Waals surface area contributed by atoms with Crippen molar-refractivity contribution in [3.8, 4) is 0 Å². The molecule has 0 saturated carbocycles. The highest BCUT2D eigenvalue weighted by Crippen LogP contribution is 2.21. The third-order valence-corrected chi connectivity index (χ3v) is 5.34. The van der Waals surface area contributed by atoms with Crippen LogP contribution in [0.1, 0.15) is 28.4 Å². The molecule has 8 heteroatoms. The molecule has 0 atom stereocenters. The average molecular weight is 389 g/mol.